The predicted molar refractivity (Wildman–Crippen MR) is 160 cm³/mol. The Morgan fingerprint density at radius 1 is 1.20 bits per heavy atom. The number of allylic oxidation sites excluding steroid dienone is 1. The topological polar surface area (TPSA) is 95.2 Å². The quantitative estimate of drug-likeness (QED) is 0.217. The summed E-state index contributed by atoms with van der Waals surface area (Å²) in [6, 6.07) is 9.18. The monoisotopic (exact) mass is 610 g/mol. The highest BCUT2D eigenvalue weighted by Crippen LogP contribution is 2.34. The zero-order chi connectivity index (χ0) is 28.5. The van der Waals surface area contributed by atoms with Gasteiger partial charge >= 0.3 is 0 Å². The highest BCUT2D eigenvalue weighted by atomic mass is 79.9. The molecular formula is C30H35BrN4O5. The van der Waals surface area contributed by atoms with Crippen LogP contribution in [-0.4, -0.2) is 66.2 Å². The summed E-state index contributed by atoms with van der Waals surface area (Å²) in [7, 11) is 0. The van der Waals surface area contributed by atoms with E-state index in [4.69, 9.17) is 19.2 Å². The first-order valence-corrected chi connectivity index (χ1v) is 14.4. The number of hydrogen-bond acceptors (Lipinski definition) is 7. The molecule has 2 aromatic carbocycles. The average molecular weight is 612 g/mol. The molecule has 1 aliphatic heterocycles. The summed E-state index contributed by atoms with van der Waals surface area (Å²) in [5.74, 6) is 1.50. The Morgan fingerprint density at radius 2 is 2.00 bits per heavy atom. The van der Waals surface area contributed by atoms with Crippen molar-refractivity contribution in [3.8, 4) is 11.5 Å². The molecule has 3 aromatic rings. The fourth-order valence-corrected chi connectivity index (χ4v) is 4.83. The van der Waals surface area contributed by atoms with Crippen molar-refractivity contribution in [2.45, 2.75) is 39.5 Å². The third kappa shape index (κ3) is 7.17. The first-order chi connectivity index (χ1) is 19.4. The molecule has 212 valence electrons. The van der Waals surface area contributed by atoms with Crippen molar-refractivity contribution in [1.29, 1.82) is 0 Å². The summed E-state index contributed by atoms with van der Waals surface area (Å²) >= 11 is 3.45. The van der Waals surface area contributed by atoms with Crippen molar-refractivity contribution in [2.24, 2.45) is 5.10 Å². The molecule has 9 nitrogen and oxygen atoms in total. The SMILES string of the molecule is C=CCc1cc(C=Nn2c(CCCC)nc3ccc(Br)cc3c2=O)cc(OCC)c1OCC(=O)N1CCOCC1. The van der Waals surface area contributed by atoms with Crippen molar-refractivity contribution >= 4 is 39.0 Å². The van der Waals surface area contributed by atoms with Gasteiger partial charge in [0.25, 0.3) is 11.5 Å². The van der Waals surface area contributed by atoms with E-state index < -0.39 is 0 Å². The number of benzene rings is 2. The van der Waals surface area contributed by atoms with Gasteiger partial charge in [-0.3, -0.25) is 9.59 Å². The second-order valence-corrected chi connectivity index (χ2v) is 10.3. The summed E-state index contributed by atoms with van der Waals surface area (Å²) in [6.45, 7) is 10.3. The molecular weight excluding hydrogens is 576 g/mol. The van der Waals surface area contributed by atoms with E-state index in [1.165, 1.54) is 4.68 Å². The minimum atomic E-state index is -0.230. The maximum atomic E-state index is 13.4. The molecule has 40 heavy (non-hydrogen) atoms. The molecule has 0 N–H and O–H groups in total. The number of carbonyl (C=O) groups is 1. The lowest BCUT2D eigenvalue weighted by molar-refractivity contribution is -0.137. The van der Waals surface area contributed by atoms with Crippen LogP contribution in [0.15, 0.2) is 57.4 Å². The number of fused-ring (bicyclic) bond motifs is 1. The molecule has 1 fully saturated rings. The van der Waals surface area contributed by atoms with Crippen LogP contribution in [0.1, 0.15) is 43.6 Å². The van der Waals surface area contributed by atoms with Crippen molar-refractivity contribution in [1.82, 2.24) is 14.6 Å². The van der Waals surface area contributed by atoms with Gasteiger partial charge in [-0.05, 0) is 55.7 Å². The Labute approximate surface area is 242 Å². The number of carbonyl (C=O) groups excluding carboxylic acids is 1. The molecule has 0 unspecified atom stereocenters. The van der Waals surface area contributed by atoms with E-state index >= 15 is 0 Å². The van der Waals surface area contributed by atoms with Crippen LogP contribution in [0.2, 0.25) is 0 Å². The zero-order valence-electron chi connectivity index (χ0n) is 23.0. The second kappa shape index (κ2) is 14.2. The van der Waals surface area contributed by atoms with Gasteiger partial charge in [0.05, 0.1) is 36.9 Å². The van der Waals surface area contributed by atoms with E-state index in [1.807, 2.05) is 25.1 Å². The second-order valence-electron chi connectivity index (χ2n) is 9.37. The van der Waals surface area contributed by atoms with Gasteiger partial charge in [-0.25, -0.2) is 4.98 Å². The predicted octanol–water partition coefficient (Wildman–Crippen LogP) is 4.75. The van der Waals surface area contributed by atoms with Gasteiger partial charge in [-0.1, -0.05) is 35.4 Å². The van der Waals surface area contributed by atoms with Crippen LogP contribution >= 0.6 is 15.9 Å². The molecule has 0 spiro atoms. The number of aromatic nitrogens is 2. The number of ether oxygens (including phenoxy) is 3. The summed E-state index contributed by atoms with van der Waals surface area (Å²) in [5.41, 5.74) is 1.93. The van der Waals surface area contributed by atoms with Gasteiger partial charge in [-0.15, -0.1) is 6.58 Å². The lowest BCUT2D eigenvalue weighted by Gasteiger charge is -2.27. The van der Waals surface area contributed by atoms with Gasteiger partial charge < -0.3 is 19.1 Å². The van der Waals surface area contributed by atoms with Gasteiger partial charge in [0.1, 0.15) is 5.82 Å². The maximum absolute atomic E-state index is 13.4. The van der Waals surface area contributed by atoms with Crippen LogP contribution in [0, 0.1) is 0 Å². The first-order valence-electron chi connectivity index (χ1n) is 13.6. The molecule has 0 aliphatic carbocycles. The van der Waals surface area contributed by atoms with Crippen LogP contribution in [0.25, 0.3) is 10.9 Å². The number of amides is 1. The van der Waals surface area contributed by atoms with Crippen LogP contribution < -0.4 is 15.0 Å². The van der Waals surface area contributed by atoms with Gasteiger partial charge in [0, 0.05) is 29.5 Å². The normalized spacial score (nSPS) is 13.6. The van der Waals surface area contributed by atoms with Crippen molar-refractivity contribution in [3.63, 3.8) is 0 Å². The number of unbranched alkanes of at least 4 members (excludes halogenated alkanes) is 1. The molecule has 10 heteroatoms. The molecule has 0 bridgehead atoms. The van der Waals surface area contributed by atoms with E-state index in [0.717, 1.165) is 28.4 Å². The van der Waals surface area contributed by atoms with Crippen LogP contribution in [0.5, 0.6) is 11.5 Å². The molecule has 1 aliphatic rings. The third-order valence-electron chi connectivity index (χ3n) is 6.47. The van der Waals surface area contributed by atoms with Crippen molar-refractivity contribution in [2.75, 3.05) is 39.5 Å². The maximum Gasteiger partial charge on any atom is 0.282 e. The lowest BCUT2D eigenvalue weighted by Crippen LogP contribution is -2.43. The summed E-state index contributed by atoms with van der Waals surface area (Å²) < 4.78 is 19.5. The summed E-state index contributed by atoms with van der Waals surface area (Å²) in [6.07, 6.45) is 6.37. The highest BCUT2D eigenvalue weighted by Gasteiger charge is 2.20. The Kier molecular flexibility index (Phi) is 10.5. The highest BCUT2D eigenvalue weighted by molar-refractivity contribution is 9.10. The molecule has 1 aromatic heterocycles. The first kappa shape index (κ1) is 29.5. The van der Waals surface area contributed by atoms with Crippen molar-refractivity contribution < 1.29 is 19.0 Å². The van der Waals surface area contributed by atoms with Gasteiger partial charge in [0.2, 0.25) is 0 Å². The Morgan fingerprint density at radius 3 is 2.73 bits per heavy atom. The number of halogens is 1. The standard InChI is InChI=1S/C30H35BrN4O5/c1-4-7-9-27-33-25-11-10-23(31)18-24(25)30(37)35(27)32-19-21-16-22(8-5-2)29(26(17-21)39-6-3)40-20-28(36)34-12-14-38-15-13-34/h5,10-11,16-19H,2,4,6-9,12-15,20H2,1,3H3. The summed E-state index contributed by atoms with van der Waals surface area (Å²) in [4.78, 5) is 32.6. The van der Waals surface area contributed by atoms with E-state index in [-0.39, 0.29) is 18.1 Å². The smallest absolute Gasteiger partial charge is 0.282 e. The van der Waals surface area contributed by atoms with Crippen LogP contribution in [-0.2, 0) is 22.4 Å². The van der Waals surface area contributed by atoms with Gasteiger partial charge in [0.15, 0.2) is 18.1 Å². The molecule has 1 saturated heterocycles. The minimum absolute atomic E-state index is 0.102. The van der Waals surface area contributed by atoms with Crippen molar-refractivity contribution in [3.05, 3.63) is 74.8 Å². The summed E-state index contributed by atoms with van der Waals surface area (Å²) in [5, 5.41) is 5.07. The number of nitrogens with zero attached hydrogens (tertiary/aromatic N) is 4. The molecule has 1 amide bonds. The van der Waals surface area contributed by atoms with E-state index in [9.17, 15) is 9.59 Å². The van der Waals surface area contributed by atoms with Crippen LogP contribution in [0.3, 0.4) is 0 Å². The number of aryl methyl sites for hydroxylation is 1. The molecule has 2 heterocycles. The number of rotatable bonds is 12. The molecule has 4 rings (SSSR count). The van der Waals surface area contributed by atoms with E-state index in [2.05, 4.69) is 34.5 Å². The number of hydrogen-bond donors (Lipinski definition) is 0. The Bertz CT molecular complexity index is 1450. The molecule has 0 atom stereocenters. The van der Waals surface area contributed by atoms with Gasteiger partial charge in [-0.2, -0.15) is 9.78 Å². The molecule has 0 radical (unpaired) electrons. The number of morpholine rings is 1. The average Bonchev–Trinajstić information content (AvgIpc) is 2.96. The molecule has 0 saturated carbocycles. The Balaban J connectivity index is 1.69. The third-order valence-corrected chi connectivity index (χ3v) is 6.97. The van der Waals surface area contributed by atoms with Crippen LogP contribution in [0.4, 0.5) is 0 Å². The van der Waals surface area contributed by atoms with E-state index in [1.54, 1.807) is 29.3 Å². The fraction of sp³-hybridized carbons (Fsp3) is 0.400. The lowest BCUT2D eigenvalue weighted by atomic mass is 10.1. The largest absolute Gasteiger partial charge is 0.490 e. The minimum Gasteiger partial charge on any atom is -0.490 e. The Hall–Kier alpha value is -3.50. The fourth-order valence-electron chi connectivity index (χ4n) is 4.46. The zero-order valence-corrected chi connectivity index (χ0v) is 24.6. The van der Waals surface area contributed by atoms with E-state index in [0.29, 0.717) is 74.0 Å².